The van der Waals surface area contributed by atoms with E-state index in [1.54, 1.807) is 0 Å². The topological polar surface area (TPSA) is 68.9 Å². The van der Waals surface area contributed by atoms with Crippen LogP contribution >= 0.6 is 11.3 Å². The van der Waals surface area contributed by atoms with Gasteiger partial charge in [-0.3, -0.25) is 0 Å². The van der Waals surface area contributed by atoms with E-state index in [4.69, 9.17) is 0 Å². The number of fused-ring (bicyclic) bond motifs is 1. The van der Waals surface area contributed by atoms with E-state index in [0.29, 0.717) is 4.83 Å². The molecule has 0 aromatic carbocycles. The van der Waals surface area contributed by atoms with Gasteiger partial charge in [0, 0.05) is 0 Å². The molecule has 0 saturated carbocycles. The molecule has 0 spiro atoms. The van der Waals surface area contributed by atoms with E-state index >= 15 is 0 Å². The van der Waals surface area contributed by atoms with Gasteiger partial charge in [0.25, 0.3) is 0 Å². The first kappa shape index (κ1) is 7.11. The Hall–Kier alpha value is -1.56. The van der Waals surface area contributed by atoms with Gasteiger partial charge in [0.05, 0.1) is 5.39 Å². The summed E-state index contributed by atoms with van der Waals surface area (Å²) in [6, 6.07) is 1.82. The summed E-state index contributed by atoms with van der Waals surface area (Å²) in [7, 11) is 0. The summed E-state index contributed by atoms with van der Waals surface area (Å²) in [5.74, 6) is -0.343. The molecule has 2 aromatic heterocycles. The molecule has 0 unspecified atom stereocenters. The first-order valence-corrected chi connectivity index (χ1v) is 4.00. The molecule has 6 heteroatoms. The fourth-order valence-electron chi connectivity index (χ4n) is 0.835. The van der Waals surface area contributed by atoms with Gasteiger partial charge in [-0.05, 0) is 16.4 Å². The Morgan fingerprint density at radius 3 is 3.17 bits per heavy atom. The van der Waals surface area contributed by atoms with Crippen molar-refractivity contribution >= 4 is 27.5 Å². The maximum Gasteiger partial charge on any atom is 0.470 e. The van der Waals surface area contributed by atoms with E-state index in [-0.39, 0.29) is 5.95 Å². The summed E-state index contributed by atoms with van der Waals surface area (Å²) in [4.78, 5) is 17.6. The second-order valence-electron chi connectivity index (χ2n) is 2.11. The van der Waals surface area contributed by atoms with Gasteiger partial charge in [-0.2, -0.15) is 0 Å². The van der Waals surface area contributed by atoms with E-state index in [2.05, 4.69) is 9.97 Å². The normalized spacial score (nSPS) is 10.3. The lowest BCUT2D eigenvalue weighted by Crippen LogP contribution is -1.93. The third kappa shape index (κ3) is 1.02. The van der Waals surface area contributed by atoms with Crippen LogP contribution in [0.5, 0.6) is 0 Å². The molecule has 5 nitrogen and oxygen atoms in total. The molecule has 2 aromatic rings. The highest BCUT2D eigenvalue weighted by Crippen LogP contribution is 2.18. The van der Waals surface area contributed by atoms with Gasteiger partial charge < -0.3 is 10.1 Å². The van der Waals surface area contributed by atoms with Gasteiger partial charge in [0.15, 0.2) is 0 Å². The molecule has 2 rings (SSSR count). The molecule has 0 saturated heterocycles. The van der Waals surface area contributed by atoms with Crippen LogP contribution in [0.3, 0.4) is 0 Å². The van der Waals surface area contributed by atoms with E-state index < -0.39 is 4.92 Å². The van der Waals surface area contributed by atoms with Crippen molar-refractivity contribution in [1.82, 2.24) is 9.97 Å². The molecular weight excluding hydrogens is 178 g/mol. The van der Waals surface area contributed by atoms with Crippen molar-refractivity contribution in [2.75, 3.05) is 0 Å². The number of rotatable bonds is 1. The first-order valence-electron chi connectivity index (χ1n) is 3.12. The Morgan fingerprint density at radius 2 is 2.42 bits per heavy atom. The minimum absolute atomic E-state index is 0.343. The second kappa shape index (κ2) is 2.49. The standard InChI is InChI=1S/C6H3N3O2S/c10-9(11)6-7-3-4-1-2-12-5(4)8-6/h1-3H. The van der Waals surface area contributed by atoms with E-state index in [0.717, 1.165) is 5.39 Å². The molecule has 0 fully saturated rings. The fraction of sp³-hybridized carbons (Fsp3) is 0. The minimum Gasteiger partial charge on any atom is -0.390 e. The first-order chi connectivity index (χ1) is 5.77. The van der Waals surface area contributed by atoms with Crippen molar-refractivity contribution in [3.8, 4) is 0 Å². The Morgan fingerprint density at radius 1 is 1.58 bits per heavy atom. The van der Waals surface area contributed by atoms with Crippen LogP contribution in [-0.2, 0) is 0 Å². The van der Waals surface area contributed by atoms with Gasteiger partial charge in [0.1, 0.15) is 6.20 Å². The van der Waals surface area contributed by atoms with Crippen LogP contribution in [0.1, 0.15) is 0 Å². The van der Waals surface area contributed by atoms with Crippen LogP contribution in [-0.4, -0.2) is 14.9 Å². The average Bonchev–Trinajstić information content (AvgIpc) is 2.49. The minimum atomic E-state index is -0.598. The zero-order valence-electron chi connectivity index (χ0n) is 5.80. The summed E-state index contributed by atoms with van der Waals surface area (Å²) >= 11 is 1.36. The molecule has 0 aliphatic rings. The molecule has 2 heterocycles. The Bertz CT molecular complexity index is 439. The molecule has 0 atom stereocenters. The van der Waals surface area contributed by atoms with Crippen LogP contribution in [0.2, 0.25) is 0 Å². The zero-order chi connectivity index (χ0) is 8.55. The number of thiophene rings is 1. The van der Waals surface area contributed by atoms with Gasteiger partial charge in [-0.25, -0.2) is 0 Å². The zero-order valence-corrected chi connectivity index (χ0v) is 6.61. The number of hydrogen-bond donors (Lipinski definition) is 0. The molecule has 60 valence electrons. The molecule has 0 aliphatic carbocycles. The summed E-state index contributed by atoms with van der Waals surface area (Å²) in [5.41, 5.74) is 0. The van der Waals surface area contributed by atoms with Crippen molar-refractivity contribution in [1.29, 1.82) is 0 Å². The predicted octanol–water partition coefficient (Wildman–Crippen LogP) is 1.60. The molecular formula is C6H3N3O2S. The molecule has 12 heavy (non-hydrogen) atoms. The highest BCUT2D eigenvalue weighted by Gasteiger charge is 2.10. The van der Waals surface area contributed by atoms with Crippen molar-refractivity contribution in [3.63, 3.8) is 0 Å². The summed E-state index contributed by atoms with van der Waals surface area (Å²) in [6.45, 7) is 0. The van der Waals surface area contributed by atoms with Crippen LogP contribution < -0.4 is 0 Å². The SMILES string of the molecule is O=[N+]([O-])c1ncc2ccsc2n1. The second-order valence-corrected chi connectivity index (χ2v) is 3.00. The number of nitrogens with zero attached hydrogens (tertiary/aromatic N) is 3. The largest absolute Gasteiger partial charge is 0.470 e. The predicted molar refractivity (Wildman–Crippen MR) is 44.1 cm³/mol. The van der Waals surface area contributed by atoms with Crippen LogP contribution in [0.4, 0.5) is 5.95 Å². The molecule has 0 amide bonds. The third-order valence-electron chi connectivity index (χ3n) is 1.36. The molecule has 0 N–H and O–H groups in total. The summed E-state index contributed by atoms with van der Waals surface area (Å²) in [6.07, 6.45) is 1.46. The average molecular weight is 181 g/mol. The molecule has 0 aliphatic heterocycles. The lowest BCUT2D eigenvalue weighted by Gasteiger charge is -1.88. The highest BCUT2D eigenvalue weighted by atomic mass is 32.1. The Labute approximate surface area is 70.8 Å². The van der Waals surface area contributed by atoms with E-state index in [1.807, 2.05) is 11.4 Å². The maximum atomic E-state index is 10.3. The lowest BCUT2D eigenvalue weighted by molar-refractivity contribution is -0.394. The van der Waals surface area contributed by atoms with Crippen LogP contribution in [0, 0.1) is 10.1 Å². The van der Waals surface area contributed by atoms with Gasteiger partial charge in [0.2, 0.25) is 4.83 Å². The monoisotopic (exact) mass is 181 g/mol. The van der Waals surface area contributed by atoms with Gasteiger partial charge in [-0.1, -0.05) is 9.97 Å². The number of hydrogen-bond acceptors (Lipinski definition) is 5. The number of nitro groups is 1. The van der Waals surface area contributed by atoms with Crippen molar-refractivity contribution in [3.05, 3.63) is 27.8 Å². The van der Waals surface area contributed by atoms with Crippen molar-refractivity contribution < 1.29 is 4.92 Å². The fourth-order valence-corrected chi connectivity index (χ4v) is 1.57. The third-order valence-corrected chi connectivity index (χ3v) is 2.18. The van der Waals surface area contributed by atoms with Crippen LogP contribution in [0.15, 0.2) is 17.6 Å². The van der Waals surface area contributed by atoms with Crippen LogP contribution in [0.25, 0.3) is 10.2 Å². The van der Waals surface area contributed by atoms with E-state index in [9.17, 15) is 10.1 Å². The lowest BCUT2D eigenvalue weighted by atomic mass is 10.4. The summed E-state index contributed by atoms with van der Waals surface area (Å²) in [5, 5.41) is 12.9. The highest BCUT2D eigenvalue weighted by molar-refractivity contribution is 7.16. The molecule has 0 radical (unpaired) electrons. The van der Waals surface area contributed by atoms with Crippen molar-refractivity contribution in [2.45, 2.75) is 0 Å². The quantitative estimate of drug-likeness (QED) is 0.495. The van der Waals surface area contributed by atoms with Crippen molar-refractivity contribution in [2.24, 2.45) is 0 Å². The maximum absolute atomic E-state index is 10.3. The summed E-state index contributed by atoms with van der Waals surface area (Å²) < 4.78 is 0. The number of aromatic nitrogens is 2. The Kier molecular flexibility index (Phi) is 1.47. The smallest absolute Gasteiger partial charge is 0.390 e. The van der Waals surface area contributed by atoms with Gasteiger partial charge in [-0.15, -0.1) is 11.3 Å². The van der Waals surface area contributed by atoms with Gasteiger partial charge >= 0.3 is 5.95 Å². The molecule has 0 bridgehead atoms. The van der Waals surface area contributed by atoms with E-state index in [1.165, 1.54) is 17.5 Å². The Balaban J connectivity index is 2.68.